The Morgan fingerprint density at radius 1 is 0.627 bits per heavy atom. The Morgan fingerprint density at radius 3 is 1.61 bits per heavy atom. The number of hydrogen-bond donors (Lipinski definition) is 0. The summed E-state index contributed by atoms with van der Waals surface area (Å²) in [5, 5.41) is 0. The molecule has 3 aliphatic rings. The minimum Gasteiger partial charge on any atom is -0.491 e. The number of carbonyl (C=O) groups is 2. The highest BCUT2D eigenvalue weighted by atomic mass is 16.7. The van der Waals surface area contributed by atoms with Crippen LogP contribution in [0.1, 0.15) is 36.1 Å². The quantitative estimate of drug-likeness (QED) is 0.118. The summed E-state index contributed by atoms with van der Waals surface area (Å²) < 4.78 is 42.9. The van der Waals surface area contributed by atoms with Gasteiger partial charge in [-0.05, 0) is 57.6 Å². The summed E-state index contributed by atoms with van der Waals surface area (Å²) in [6.07, 6.45) is -0.577. The first-order chi connectivity index (χ1) is 24.9. The molecule has 4 aromatic rings. The molecule has 0 radical (unpaired) electrons. The largest absolute Gasteiger partial charge is 0.491 e. The minimum atomic E-state index is -0.492. The van der Waals surface area contributed by atoms with Crippen LogP contribution in [-0.2, 0) is 43.4 Å². The second kappa shape index (κ2) is 16.5. The zero-order valence-electron chi connectivity index (χ0n) is 29.4. The maximum atomic E-state index is 11.0. The second-order valence-electron chi connectivity index (χ2n) is 12.4. The van der Waals surface area contributed by atoms with E-state index >= 15 is 0 Å². The molecule has 0 N–H and O–H groups in total. The van der Waals surface area contributed by atoms with Crippen LogP contribution in [0.5, 0.6) is 11.5 Å². The van der Waals surface area contributed by atoms with Gasteiger partial charge in [0, 0.05) is 28.1 Å². The van der Waals surface area contributed by atoms with Crippen LogP contribution in [0.4, 0.5) is 0 Å². The molecule has 7 rings (SSSR count). The van der Waals surface area contributed by atoms with Crippen molar-refractivity contribution in [3.63, 3.8) is 0 Å². The van der Waals surface area contributed by atoms with Crippen LogP contribution in [0.2, 0.25) is 0 Å². The van der Waals surface area contributed by atoms with Gasteiger partial charge in [0.2, 0.25) is 0 Å². The average Bonchev–Trinajstić information content (AvgIpc) is 3.83. The number of fused-ring (bicyclic) bond motifs is 4. The Hall–Kier alpha value is -4.74. The summed E-state index contributed by atoms with van der Waals surface area (Å²) in [4.78, 5) is 21.8. The Kier molecular flexibility index (Phi) is 11.7. The first-order valence-corrected chi connectivity index (χ1v) is 17.1. The van der Waals surface area contributed by atoms with E-state index in [0.717, 1.165) is 22.6 Å². The van der Waals surface area contributed by atoms with Crippen molar-refractivity contribution in [3.05, 3.63) is 119 Å². The molecule has 2 heterocycles. The summed E-state index contributed by atoms with van der Waals surface area (Å²) in [6, 6.07) is 33.8. The molecule has 2 fully saturated rings. The maximum absolute atomic E-state index is 11.0. The number of ether oxygens (including phenoxy) is 8. The molecule has 0 aromatic heterocycles. The third kappa shape index (κ3) is 7.64. The monoisotopic (exact) mass is 696 g/mol. The molecular weight excluding hydrogens is 652 g/mol. The number of benzene rings is 4. The molecule has 2 aliphatic heterocycles. The summed E-state index contributed by atoms with van der Waals surface area (Å²) in [5.41, 5.74) is 6.77. The third-order valence-electron chi connectivity index (χ3n) is 9.32. The van der Waals surface area contributed by atoms with Crippen molar-refractivity contribution in [1.82, 2.24) is 0 Å². The highest BCUT2D eigenvalue weighted by Crippen LogP contribution is 2.56. The third-order valence-corrected chi connectivity index (χ3v) is 9.32. The van der Waals surface area contributed by atoms with Gasteiger partial charge in [-0.15, -0.1) is 0 Å². The molecule has 51 heavy (non-hydrogen) atoms. The summed E-state index contributed by atoms with van der Waals surface area (Å²) in [7, 11) is 3.29. The predicted octanol–water partition coefficient (Wildman–Crippen LogP) is 5.75. The van der Waals surface area contributed by atoms with E-state index < -0.39 is 5.41 Å². The van der Waals surface area contributed by atoms with Gasteiger partial charge in [0.05, 0.1) is 25.2 Å². The fourth-order valence-corrected chi connectivity index (χ4v) is 7.16. The van der Waals surface area contributed by atoms with E-state index in [1.807, 2.05) is 24.3 Å². The lowest BCUT2D eigenvalue weighted by atomic mass is 9.68. The minimum absolute atomic E-state index is 0.0411. The van der Waals surface area contributed by atoms with E-state index in [0.29, 0.717) is 33.0 Å². The Balaban J connectivity index is 0.000000267. The highest BCUT2D eigenvalue weighted by Gasteiger charge is 2.49. The summed E-state index contributed by atoms with van der Waals surface area (Å²) in [5.74, 6) is 0.929. The molecule has 4 unspecified atom stereocenters. The van der Waals surface area contributed by atoms with Crippen molar-refractivity contribution >= 4 is 11.9 Å². The molecule has 268 valence electrons. The SMILES string of the molecule is COC1COC2C(OC(C)=O)COC12.COCCOc1ccc(C2(c3ccc(OCCOC(C)=O)cc3)c3ccccc3-c3ccccc32)cc1. The van der Waals surface area contributed by atoms with E-state index in [1.165, 1.54) is 36.1 Å². The molecule has 2 saturated heterocycles. The molecule has 10 nitrogen and oxygen atoms in total. The normalized spacial score (nSPS) is 20.6. The summed E-state index contributed by atoms with van der Waals surface area (Å²) >= 11 is 0. The highest BCUT2D eigenvalue weighted by molar-refractivity contribution is 5.86. The van der Waals surface area contributed by atoms with Crippen LogP contribution in [0.25, 0.3) is 11.1 Å². The molecule has 0 amide bonds. The van der Waals surface area contributed by atoms with E-state index in [2.05, 4.69) is 72.8 Å². The first-order valence-electron chi connectivity index (χ1n) is 17.1. The zero-order chi connectivity index (χ0) is 35.8. The Bertz CT molecular complexity index is 1720. The zero-order valence-corrected chi connectivity index (χ0v) is 29.4. The fourth-order valence-electron chi connectivity index (χ4n) is 7.16. The van der Waals surface area contributed by atoms with Gasteiger partial charge >= 0.3 is 11.9 Å². The first kappa shape index (κ1) is 36.1. The number of hydrogen-bond acceptors (Lipinski definition) is 10. The van der Waals surface area contributed by atoms with E-state index in [-0.39, 0.29) is 43.0 Å². The van der Waals surface area contributed by atoms with Crippen molar-refractivity contribution in [2.75, 3.05) is 53.9 Å². The van der Waals surface area contributed by atoms with E-state index in [4.69, 9.17) is 37.9 Å². The molecule has 0 saturated carbocycles. The van der Waals surface area contributed by atoms with Crippen LogP contribution < -0.4 is 9.47 Å². The summed E-state index contributed by atoms with van der Waals surface area (Å²) in [6.45, 7) is 5.26. The Labute approximate surface area is 298 Å². The van der Waals surface area contributed by atoms with Crippen LogP contribution in [0.3, 0.4) is 0 Å². The number of rotatable bonds is 12. The molecule has 10 heteroatoms. The lowest BCUT2D eigenvalue weighted by molar-refractivity contribution is -0.151. The van der Waals surface area contributed by atoms with Gasteiger partial charge in [-0.3, -0.25) is 9.59 Å². The van der Waals surface area contributed by atoms with Crippen LogP contribution >= 0.6 is 0 Å². The van der Waals surface area contributed by atoms with Crippen LogP contribution in [0.15, 0.2) is 97.1 Å². The van der Waals surface area contributed by atoms with Gasteiger partial charge in [0.15, 0.2) is 6.10 Å². The standard InChI is InChI=1S/C32H30O5.C9H14O5/c1-23(33)35-21-22-37-27-17-13-25(14-18-27)32(24-11-15-26(16-12-24)36-20-19-34-2)30-9-5-3-7-28(30)29-8-4-6-10-31(29)32;1-5(10)14-7-4-13-8-6(11-2)3-12-9(7)8/h3-18H,19-22H2,1-2H3;6-9H,3-4H2,1-2H3. The number of esters is 2. The topological polar surface area (TPSA) is 108 Å². The van der Waals surface area contributed by atoms with Gasteiger partial charge in [0.1, 0.15) is 49.6 Å². The van der Waals surface area contributed by atoms with Crippen molar-refractivity contribution in [2.45, 2.75) is 43.7 Å². The molecule has 1 aliphatic carbocycles. The van der Waals surface area contributed by atoms with Crippen molar-refractivity contribution in [3.8, 4) is 22.6 Å². The average molecular weight is 697 g/mol. The van der Waals surface area contributed by atoms with Gasteiger partial charge in [-0.2, -0.15) is 0 Å². The van der Waals surface area contributed by atoms with Gasteiger partial charge in [0.25, 0.3) is 0 Å². The molecule has 0 bridgehead atoms. The van der Waals surface area contributed by atoms with E-state index in [1.54, 1.807) is 14.2 Å². The molecular formula is C41H44O10. The van der Waals surface area contributed by atoms with Crippen molar-refractivity contribution < 1.29 is 47.5 Å². The molecule has 4 aromatic carbocycles. The molecule has 4 atom stereocenters. The number of carbonyl (C=O) groups excluding carboxylic acids is 2. The number of methoxy groups -OCH3 is 2. The van der Waals surface area contributed by atoms with Gasteiger partial charge < -0.3 is 37.9 Å². The Morgan fingerprint density at radius 2 is 1.12 bits per heavy atom. The maximum Gasteiger partial charge on any atom is 0.303 e. The van der Waals surface area contributed by atoms with Gasteiger partial charge in [-0.1, -0.05) is 72.8 Å². The lowest BCUT2D eigenvalue weighted by Gasteiger charge is -2.34. The van der Waals surface area contributed by atoms with Gasteiger partial charge in [-0.25, -0.2) is 0 Å². The second-order valence-corrected chi connectivity index (χ2v) is 12.4. The smallest absolute Gasteiger partial charge is 0.303 e. The predicted molar refractivity (Wildman–Crippen MR) is 189 cm³/mol. The lowest BCUT2D eigenvalue weighted by Crippen LogP contribution is -2.34. The van der Waals surface area contributed by atoms with Crippen molar-refractivity contribution in [1.29, 1.82) is 0 Å². The van der Waals surface area contributed by atoms with E-state index in [9.17, 15) is 9.59 Å². The molecule has 0 spiro atoms. The fraction of sp³-hybridized carbons (Fsp3) is 0.366. The van der Waals surface area contributed by atoms with Crippen molar-refractivity contribution in [2.24, 2.45) is 0 Å². The van der Waals surface area contributed by atoms with Crippen LogP contribution in [0, 0.1) is 0 Å². The van der Waals surface area contributed by atoms with Crippen LogP contribution in [-0.4, -0.2) is 90.2 Å².